The van der Waals surface area contributed by atoms with Gasteiger partial charge in [0.1, 0.15) is 11.8 Å². The van der Waals surface area contributed by atoms with Crippen LogP contribution < -0.4 is 5.73 Å². The molecule has 0 aliphatic heterocycles. The maximum Gasteiger partial charge on any atom is 0.348 e. The zero-order valence-electron chi connectivity index (χ0n) is 9.66. The predicted molar refractivity (Wildman–Crippen MR) is 66.9 cm³/mol. The summed E-state index contributed by atoms with van der Waals surface area (Å²) in [5.41, 5.74) is 6.46. The minimum Gasteiger partial charge on any atom is -0.387 e. The molecule has 2 heterocycles. The number of aliphatic hydroxyl groups excluding tert-OH is 1. The van der Waals surface area contributed by atoms with Crippen LogP contribution in [0.3, 0.4) is 0 Å². The van der Waals surface area contributed by atoms with Crippen molar-refractivity contribution in [2.75, 3.05) is 5.73 Å². The molecule has 0 amide bonds. The summed E-state index contributed by atoms with van der Waals surface area (Å²) in [6.45, 7) is 0.0451. The number of fused-ring (bicyclic) bond motifs is 1. The number of nitrogens with zero attached hydrogens (tertiary/aromatic N) is 4. The molecule has 5 N–H and O–H groups in total. The van der Waals surface area contributed by atoms with E-state index in [0.717, 1.165) is 6.08 Å². The van der Waals surface area contributed by atoms with Crippen LogP contribution in [-0.2, 0) is 11.1 Å². The molecule has 0 saturated heterocycles. The molecule has 0 aromatic carbocycles. The van der Waals surface area contributed by atoms with E-state index in [1.807, 2.05) is 0 Å². The van der Waals surface area contributed by atoms with Crippen LogP contribution in [0.1, 0.15) is 0 Å². The summed E-state index contributed by atoms with van der Waals surface area (Å²) < 4.78 is 12.2. The number of aromatic nitrogens is 4. The average molecular weight is 285 g/mol. The molecule has 2 aromatic rings. The summed E-state index contributed by atoms with van der Waals surface area (Å²) in [6, 6.07) is 0. The Morgan fingerprint density at radius 2 is 2.16 bits per heavy atom. The van der Waals surface area contributed by atoms with Gasteiger partial charge in [-0.05, 0) is 6.08 Å². The zero-order chi connectivity index (χ0) is 14.0. The quantitative estimate of drug-likeness (QED) is 0.547. The van der Waals surface area contributed by atoms with Crippen molar-refractivity contribution in [1.29, 1.82) is 0 Å². The van der Waals surface area contributed by atoms with Crippen molar-refractivity contribution in [2.45, 2.75) is 12.6 Å². The molecule has 0 bridgehead atoms. The first-order chi connectivity index (χ1) is 8.87. The largest absolute Gasteiger partial charge is 0.387 e. The number of imidazole rings is 1. The van der Waals surface area contributed by atoms with Crippen LogP contribution >= 0.6 is 7.60 Å². The molecule has 0 saturated carbocycles. The van der Waals surface area contributed by atoms with Gasteiger partial charge in [0, 0.05) is 5.82 Å². The van der Waals surface area contributed by atoms with Gasteiger partial charge in [-0.1, -0.05) is 0 Å². The predicted octanol–water partition coefficient (Wildman–Crippen LogP) is -0.539. The molecule has 0 fully saturated rings. The van der Waals surface area contributed by atoms with E-state index in [4.69, 9.17) is 15.5 Å². The number of anilines is 1. The molecule has 0 unspecified atom stereocenters. The van der Waals surface area contributed by atoms with Crippen LogP contribution in [0.25, 0.3) is 11.2 Å². The van der Waals surface area contributed by atoms with E-state index in [1.165, 1.54) is 17.2 Å². The normalized spacial score (nSPS) is 14.3. The zero-order valence-corrected chi connectivity index (χ0v) is 10.6. The molecule has 102 valence electrons. The first kappa shape index (κ1) is 13.6. The fourth-order valence-corrected chi connectivity index (χ4v) is 1.93. The fraction of sp³-hybridized carbons (Fsp3) is 0.222. The SMILES string of the molecule is Nc1ncnc2c1ncn2C[C@H](O)C=CP(=O)(O)O. The third-order valence-corrected chi connectivity index (χ3v) is 2.88. The molecule has 19 heavy (non-hydrogen) atoms. The Bertz CT molecular complexity index is 664. The molecule has 0 aliphatic carbocycles. The van der Waals surface area contributed by atoms with E-state index in [0.29, 0.717) is 17.0 Å². The van der Waals surface area contributed by atoms with E-state index in [1.54, 1.807) is 0 Å². The maximum absolute atomic E-state index is 10.6. The summed E-state index contributed by atoms with van der Waals surface area (Å²) in [4.78, 5) is 29.1. The maximum atomic E-state index is 10.6. The second-order valence-corrected chi connectivity index (χ2v) is 5.30. The molecule has 2 aromatic heterocycles. The Labute approximate surface area is 107 Å². The van der Waals surface area contributed by atoms with Crippen LogP contribution in [0.4, 0.5) is 5.82 Å². The number of rotatable bonds is 4. The minimum atomic E-state index is -4.28. The third kappa shape index (κ3) is 3.36. The average Bonchev–Trinajstić information content (AvgIpc) is 2.71. The Hall–Kier alpha value is -1.80. The van der Waals surface area contributed by atoms with Crippen LogP contribution in [0, 0.1) is 0 Å². The van der Waals surface area contributed by atoms with Crippen molar-refractivity contribution in [3.8, 4) is 0 Å². The monoisotopic (exact) mass is 285 g/mol. The van der Waals surface area contributed by atoms with Gasteiger partial charge >= 0.3 is 7.60 Å². The standard InChI is InChI=1S/C9H12N5O4P/c10-8-7-9(12-4-11-8)14(5-13-7)3-6(15)1-2-19(16,17)18/h1-2,4-6,15H,3H2,(H2,10,11,12)(H2,16,17,18)/t6-/m1/s1. The summed E-state index contributed by atoms with van der Waals surface area (Å²) in [6.07, 6.45) is 2.64. The third-order valence-electron chi connectivity index (χ3n) is 2.32. The van der Waals surface area contributed by atoms with Crippen LogP contribution in [0.2, 0.25) is 0 Å². The highest BCUT2D eigenvalue weighted by Gasteiger charge is 2.12. The lowest BCUT2D eigenvalue weighted by Crippen LogP contribution is -2.13. The molecule has 0 aliphatic rings. The highest BCUT2D eigenvalue weighted by Crippen LogP contribution is 2.36. The van der Waals surface area contributed by atoms with Gasteiger partial charge in [0.25, 0.3) is 0 Å². The number of nitrogens with two attached hydrogens (primary N) is 1. The number of hydrogen-bond donors (Lipinski definition) is 4. The van der Waals surface area contributed by atoms with Gasteiger partial charge in [0.2, 0.25) is 0 Å². The molecule has 0 radical (unpaired) electrons. The summed E-state index contributed by atoms with van der Waals surface area (Å²) >= 11 is 0. The van der Waals surface area contributed by atoms with Gasteiger partial charge in [-0.25, -0.2) is 15.0 Å². The van der Waals surface area contributed by atoms with Gasteiger partial charge in [0.15, 0.2) is 11.5 Å². The van der Waals surface area contributed by atoms with Crippen molar-refractivity contribution < 1.29 is 19.5 Å². The molecule has 1 atom stereocenters. The van der Waals surface area contributed by atoms with E-state index in [-0.39, 0.29) is 12.4 Å². The van der Waals surface area contributed by atoms with Crippen molar-refractivity contribution in [3.63, 3.8) is 0 Å². The molecular weight excluding hydrogens is 273 g/mol. The first-order valence-electron chi connectivity index (χ1n) is 5.21. The topological polar surface area (TPSA) is 147 Å². The Balaban J connectivity index is 2.20. The van der Waals surface area contributed by atoms with Crippen LogP contribution in [0.5, 0.6) is 0 Å². The van der Waals surface area contributed by atoms with Crippen LogP contribution in [-0.4, -0.2) is 40.5 Å². The lowest BCUT2D eigenvalue weighted by molar-refractivity contribution is 0.202. The van der Waals surface area contributed by atoms with Gasteiger partial charge in [-0.15, -0.1) is 0 Å². The van der Waals surface area contributed by atoms with E-state index >= 15 is 0 Å². The number of nitrogen functional groups attached to an aromatic ring is 1. The summed E-state index contributed by atoms with van der Waals surface area (Å²) in [7, 11) is -4.28. The second kappa shape index (κ2) is 5.06. The minimum absolute atomic E-state index is 0.0451. The molecule has 10 heteroatoms. The second-order valence-electron chi connectivity index (χ2n) is 3.83. The van der Waals surface area contributed by atoms with Crippen molar-refractivity contribution in [1.82, 2.24) is 19.5 Å². The molecule has 0 spiro atoms. The Morgan fingerprint density at radius 3 is 2.84 bits per heavy atom. The van der Waals surface area contributed by atoms with E-state index < -0.39 is 13.7 Å². The lowest BCUT2D eigenvalue weighted by atomic mass is 10.3. The van der Waals surface area contributed by atoms with E-state index in [9.17, 15) is 9.67 Å². The van der Waals surface area contributed by atoms with Gasteiger partial charge in [0.05, 0.1) is 19.0 Å². The molecule has 2 rings (SSSR count). The van der Waals surface area contributed by atoms with Gasteiger partial charge < -0.3 is 25.2 Å². The molecule has 9 nitrogen and oxygen atoms in total. The molecular formula is C9H12N5O4P. The van der Waals surface area contributed by atoms with Crippen LogP contribution in [0.15, 0.2) is 24.5 Å². The van der Waals surface area contributed by atoms with Crippen molar-refractivity contribution >= 4 is 24.6 Å². The van der Waals surface area contributed by atoms with Gasteiger partial charge in [-0.2, -0.15) is 0 Å². The summed E-state index contributed by atoms with van der Waals surface area (Å²) in [5, 5.41) is 9.66. The fourth-order valence-electron chi connectivity index (χ4n) is 1.51. The van der Waals surface area contributed by atoms with Crippen molar-refractivity contribution in [3.05, 3.63) is 24.5 Å². The highest BCUT2D eigenvalue weighted by molar-refractivity contribution is 7.55. The van der Waals surface area contributed by atoms with Gasteiger partial charge in [-0.3, -0.25) is 4.57 Å². The summed E-state index contributed by atoms with van der Waals surface area (Å²) in [5.74, 6) is 0.879. The van der Waals surface area contributed by atoms with E-state index in [2.05, 4.69) is 15.0 Å². The lowest BCUT2D eigenvalue weighted by Gasteiger charge is -2.07. The van der Waals surface area contributed by atoms with Crippen molar-refractivity contribution in [2.24, 2.45) is 0 Å². The highest BCUT2D eigenvalue weighted by atomic mass is 31.2. The Morgan fingerprint density at radius 1 is 1.42 bits per heavy atom. The first-order valence-corrected chi connectivity index (χ1v) is 6.89. The smallest absolute Gasteiger partial charge is 0.348 e. The Kier molecular flexibility index (Phi) is 3.63. The number of hydrogen-bond acceptors (Lipinski definition) is 6. The number of aliphatic hydroxyl groups is 1.